The average Bonchev–Trinajstić information content (AvgIpc) is 2.66. The molecule has 0 aliphatic carbocycles. The lowest BCUT2D eigenvalue weighted by Gasteiger charge is -2.14. The highest BCUT2D eigenvalue weighted by molar-refractivity contribution is 7.92. The normalized spacial score (nSPS) is 22.7. The number of methoxy groups -OCH3 is 1. The van der Waals surface area contributed by atoms with Crippen LogP contribution in [-0.2, 0) is 19.4 Å². The summed E-state index contributed by atoms with van der Waals surface area (Å²) in [6.45, 7) is -0.145. The van der Waals surface area contributed by atoms with E-state index in [2.05, 4.69) is 15.4 Å². The van der Waals surface area contributed by atoms with Gasteiger partial charge >= 0.3 is 12.0 Å². The van der Waals surface area contributed by atoms with Crippen LogP contribution in [0.4, 0.5) is 4.79 Å². The maximum atomic E-state index is 11.5. The maximum absolute atomic E-state index is 11.5. The first kappa shape index (κ1) is 15.7. The van der Waals surface area contributed by atoms with Crippen LogP contribution in [0, 0.1) is 0 Å². The van der Waals surface area contributed by atoms with Gasteiger partial charge in [0, 0.05) is 13.7 Å². The van der Waals surface area contributed by atoms with Crippen molar-refractivity contribution in [2.24, 2.45) is 0 Å². The lowest BCUT2D eigenvalue weighted by molar-refractivity contribution is -0.147. The second-order valence-electron chi connectivity index (χ2n) is 4.28. The molecule has 0 bridgehead atoms. The highest BCUT2D eigenvalue weighted by Crippen LogP contribution is 2.18. The van der Waals surface area contributed by atoms with Gasteiger partial charge in [-0.15, -0.1) is 0 Å². The molecule has 0 saturated carbocycles. The summed E-state index contributed by atoms with van der Waals surface area (Å²) in [6, 6.07) is -0.606. The van der Waals surface area contributed by atoms with Gasteiger partial charge in [-0.05, 0) is 12.8 Å². The minimum absolute atomic E-state index is 0.0406. The standard InChI is InChI=1S/C10H18N2O6S/c1-18-8(9(13)14)6-12-10(15)11-5-7-3-2-4-19(7,16)17/h7-8H,2-6H2,1H3,(H,13,14)(H2,11,12,15). The summed E-state index contributed by atoms with van der Waals surface area (Å²) < 4.78 is 27.6. The smallest absolute Gasteiger partial charge is 0.334 e. The van der Waals surface area contributed by atoms with E-state index in [1.165, 1.54) is 7.11 Å². The first-order valence-corrected chi connectivity index (χ1v) is 7.57. The molecular weight excluding hydrogens is 276 g/mol. The molecule has 9 heteroatoms. The molecule has 0 spiro atoms. The third-order valence-corrected chi connectivity index (χ3v) is 5.24. The Morgan fingerprint density at radius 2 is 2.11 bits per heavy atom. The number of hydrogen-bond acceptors (Lipinski definition) is 5. The molecule has 3 N–H and O–H groups in total. The van der Waals surface area contributed by atoms with E-state index in [9.17, 15) is 18.0 Å². The van der Waals surface area contributed by atoms with E-state index in [1.54, 1.807) is 0 Å². The van der Waals surface area contributed by atoms with E-state index < -0.39 is 33.2 Å². The zero-order valence-corrected chi connectivity index (χ0v) is 11.4. The number of nitrogens with one attached hydrogen (secondary N) is 2. The summed E-state index contributed by atoms with van der Waals surface area (Å²) in [4.78, 5) is 22.0. The monoisotopic (exact) mass is 294 g/mol. The van der Waals surface area contributed by atoms with Gasteiger partial charge in [0.1, 0.15) is 0 Å². The largest absolute Gasteiger partial charge is 0.479 e. The molecule has 2 atom stereocenters. The Morgan fingerprint density at radius 1 is 1.42 bits per heavy atom. The number of amides is 2. The molecule has 1 rings (SSSR count). The number of hydrogen-bond donors (Lipinski definition) is 3. The Balaban J connectivity index is 2.30. The Bertz CT molecular complexity index is 435. The number of rotatable bonds is 6. The zero-order chi connectivity index (χ0) is 14.5. The summed E-state index contributed by atoms with van der Waals surface area (Å²) in [7, 11) is -1.87. The van der Waals surface area contributed by atoms with E-state index >= 15 is 0 Å². The van der Waals surface area contributed by atoms with E-state index in [0.717, 1.165) is 0 Å². The lowest BCUT2D eigenvalue weighted by Crippen LogP contribution is -2.45. The van der Waals surface area contributed by atoms with Crippen LogP contribution in [0.5, 0.6) is 0 Å². The second kappa shape index (κ2) is 6.71. The fourth-order valence-corrected chi connectivity index (χ4v) is 3.58. The van der Waals surface area contributed by atoms with E-state index in [0.29, 0.717) is 12.8 Å². The van der Waals surface area contributed by atoms with Crippen LogP contribution in [0.15, 0.2) is 0 Å². The lowest BCUT2D eigenvalue weighted by atomic mass is 10.2. The third kappa shape index (κ3) is 4.67. The number of carbonyl (C=O) groups is 2. The van der Waals surface area contributed by atoms with Gasteiger partial charge in [-0.2, -0.15) is 0 Å². The van der Waals surface area contributed by atoms with Crippen LogP contribution in [-0.4, -0.2) is 62.8 Å². The molecule has 2 amide bonds. The van der Waals surface area contributed by atoms with Gasteiger partial charge in [-0.25, -0.2) is 18.0 Å². The number of carboxylic acids is 1. The Kier molecular flexibility index (Phi) is 5.55. The van der Waals surface area contributed by atoms with Crippen LogP contribution >= 0.6 is 0 Å². The second-order valence-corrected chi connectivity index (χ2v) is 6.69. The van der Waals surface area contributed by atoms with Crippen molar-refractivity contribution < 1.29 is 27.9 Å². The summed E-state index contributed by atoms with van der Waals surface area (Å²) in [5, 5.41) is 12.9. The van der Waals surface area contributed by atoms with E-state index in [1.807, 2.05) is 0 Å². The van der Waals surface area contributed by atoms with E-state index in [4.69, 9.17) is 5.11 Å². The van der Waals surface area contributed by atoms with Gasteiger partial charge in [0.2, 0.25) is 0 Å². The molecule has 1 saturated heterocycles. The number of aliphatic carboxylic acids is 1. The van der Waals surface area contributed by atoms with Crippen molar-refractivity contribution in [3.63, 3.8) is 0 Å². The topological polar surface area (TPSA) is 122 Å². The van der Waals surface area contributed by atoms with Gasteiger partial charge in [0.05, 0.1) is 17.5 Å². The van der Waals surface area contributed by atoms with Crippen LogP contribution in [0.25, 0.3) is 0 Å². The fraction of sp³-hybridized carbons (Fsp3) is 0.800. The number of ether oxygens (including phenoxy) is 1. The van der Waals surface area contributed by atoms with Crippen molar-refractivity contribution in [2.45, 2.75) is 24.2 Å². The van der Waals surface area contributed by atoms with Gasteiger partial charge in [0.25, 0.3) is 0 Å². The highest BCUT2D eigenvalue weighted by Gasteiger charge is 2.31. The fourth-order valence-electron chi connectivity index (χ4n) is 1.81. The molecule has 0 aromatic carbocycles. The van der Waals surface area contributed by atoms with Gasteiger partial charge in [-0.1, -0.05) is 0 Å². The minimum Gasteiger partial charge on any atom is -0.479 e. The zero-order valence-electron chi connectivity index (χ0n) is 10.6. The predicted octanol–water partition coefficient (Wildman–Crippen LogP) is -1.04. The Labute approximate surface area is 111 Å². The van der Waals surface area contributed by atoms with Crippen LogP contribution in [0.1, 0.15) is 12.8 Å². The van der Waals surface area contributed by atoms with Crippen molar-refractivity contribution in [3.8, 4) is 0 Å². The van der Waals surface area contributed by atoms with Gasteiger partial charge < -0.3 is 20.5 Å². The Morgan fingerprint density at radius 3 is 2.58 bits per heavy atom. The third-order valence-electron chi connectivity index (χ3n) is 2.96. The molecule has 1 fully saturated rings. The molecule has 110 valence electrons. The molecule has 0 radical (unpaired) electrons. The number of urea groups is 1. The van der Waals surface area contributed by atoms with Crippen molar-refractivity contribution >= 4 is 21.8 Å². The van der Waals surface area contributed by atoms with E-state index in [-0.39, 0.29) is 18.8 Å². The Hall–Kier alpha value is -1.35. The molecular formula is C10H18N2O6S. The van der Waals surface area contributed by atoms with Gasteiger partial charge in [0.15, 0.2) is 15.9 Å². The summed E-state index contributed by atoms with van der Waals surface area (Å²) in [6.07, 6.45) is 0.0282. The quantitative estimate of drug-likeness (QED) is 0.575. The highest BCUT2D eigenvalue weighted by atomic mass is 32.2. The summed E-state index contributed by atoms with van der Waals surface area (Å²) in [5.41, 5.74) is 0. The molecule has 1 aliphatic rings. The average molecular weight is 294 g/mol. The molecule has 8 nitrogen and oxygen atoms in total. The molecule has 19 heavy (non-hydrogen) atoms. The maximum Gasteiger partial charge on any atom is 0.334 e. The van der Waals surface area contributed by atoms with Crippen LogP contribution in [0.3, 0.4) is 0 Å². The molecule has 0 aromatic rings. The number of carboxylic acid groups (broad SMARTS) is 1. The molecule has 0 aromatic heterocycles. The first-order valence-electron chi connectivity index (χ1n) is 5.85. The summed E-state index contributed by atoms with van der Waals surface area (Å²) >= 11 is 0. The van der Waals surface area contributed by atoms with Crippen LogP contribution in [0.2, 0.25) is 0 Å². The van der Waals surface area contributed by atoms with Crippen molar-refractivity contribution in [2.75, 3.05) is 26.0 Å². The predicted molar refractivity (Wildman–Crippen MR) is 66.6 cm³/mol. The molecule has 2 unspecified atom stereocenters. The first-order chi connectivity index (χ1) is 8.86. The van der Waals surface area contributed by atoms with Crippen molar-refractivity contribution in [1.82, 2.24) is 10.6 Å². The summed E-state index contributed by atoms with van der Waals surface area (Å²) in [5.74, 6) is -1.02. The number of sulfone groups is 1. The number of carbonyl (C=O) groups excluding carboxylic acids is 1. The SMILES string of the molecule is COC(CNC(=O)NCC1CCCS1(=O)=O)C(=O)O. The molecule has 1 heterocycles. The van der Waals surface area contributed by atoms with Crippen LogP contribution < -0.4 is 10.6 Å². The van der Waals surface area contributed by atoms with Crippen molar-refractivity contribution in [1.29, 1.82) is 0 Å². The van der Waals surface area contributed by atoms with Gasteiger partial charge in [-0.3, -0.25) is 0 Å². The molecule has 1 aliphatic heterocycles. The van der Waals surface area contributed by atoms with Crippen molar-refractivity contribution in [3.05, 3.63) is 0 Å². The minimum atomic E-state index is -3.09.